The summed E-state index contributed by atoms with van der Waals surface area (Å²) in [5.74, 6) is 5.36. The van der Waals surface area contributed by atoms with Gasteiger partial charge in [0.2, 0.25) is 0 Å². The molecule has 2 saturated heterocycles. The molecule has 0 aliphatic carbocycles. The Morgan fingerprint density at radius 3 is 1.00 bits per heavy atom. The van der Waals surface area contributed by atoms with Gasteiger partial charge in [0, 0.05) is 0 Å². The van der Waals surface area contributed by atoms with Crippen LogP contribution in [0.5, 0.6) is 0 Å². The third kappa shape index (κ3) is 12.6. The van der Waals surface area contributed by atoms with E-state index in [4.69, 9.17) is 0 Å². The summed E-state index contributed by atoms with van der Waals surface area (Å²) in [5.41, 5.74) is 0. The van der Waals surface area contributed by atoms with Gasteiger partial charge in [-0.05, 0) is 35.9 Å². The van der Waals surface area contributed by atoms with Gasteiger partial charge in [-0.15, -0.1) is 0 Å². The SMILES string of the molecule is [CH-]1SCCCS1.[CH-]1SCCCS1.[Cu+].[Li+]. The van der Waals surface area contributed by atoms with Crippen molar-refractivity contribution in [2.24, 2.45) is 0 Å². The molecule has 6 heteroatoms. The summed E-state index contributed by atoms with van der Waals surface area (Å²) in [4.78, 5) is 0. The summed E-state index contributed by atoms with van der Waals surface area (Å²) < 4.78 is 0. The van der Waals surface area contributed by atoms with Gasteiger partial charge >= 0.3 is 35.9 Å². The zero-order valence-electron chi connectivity index (χ0n) is 8.33. The minimum Gasteiger partial charge on any atom is -0.341 e. The van der Waals surface area contributed by atoms with Gasteiger partial charge in [-0.2, -0.15) is 0 Å². The van der Waals surface area contributed by atoms with E-state index in [9.17, 15) is 0 Å². The smallest absolute Gasteiger partial charge is 0.341 e. The van der Waals surface area contributed by atoms with Crippen LogP contribution in [0.2, 0.25) is 0 Å². The van der Waals surface area contributed by atoms with Crippen molar-refractivity contribution in [3.63, 3.8) is 0 Å². The molecule has 0 bridgehead atoms. The van der Waals surface area contributed by atoms with Crippen LogP contribution in [0.15, 0.2) is 0 Å². The molecule has 2 fully saturated rings. The first-order valence-electron chi connectivity index (χ1n) is 4.10. The molecule has 0 aromatic carbocycles. The molecule has 0 saturated carbocycles. The van der Waals surface area contributed by atoms with Crippen LogP contribution in [0, 0.1) is 10.2 Å². The van der Waals surface area contributed by atoms with Crippen LogP contribution in [0.1, 0.15) is 12.8 Å². The fourth-order valence-electron chi connectivity index (χ4n) is 0.740. The molecule has 82 valence electrons. The van der Waals surface area contributed by atoms with E-state index >= 15 is 0 Å². The van der Waals surface area contributed by atoms with Crippen molar-refractivity contribution < 1.29 is 35.9 Å². The first kappa shape index (κ1) is 18.9. The van der Waals surface area contributed by atoms with Gasteiger partial charge in [0.05, 0.1) is 0 Å². The van der Waals surface area contributed by atoms with E-state index in [1.165, 1.54) is 35.9 Å². The second-order valence-electron chi connectivity index (χ2n) is 2.38. The molecule has 0 atom stereocenters. The van der Waals surface area contributed by atoms with Gasteiger partial charge < -0.3 is 47.0 Å². The van der Waals surface area contributed by atoms with E-state index in [1.807, 2.05) is 47.0 Å². The van der Waals surface area contributed by atoms with E-state index < -0.39 is 0 Å². The second-order valence-corrected chi connectivity index (χ2v) is 6.89. The molecule has 14 heavy (non-hydrogen) atoms. The zero-order valence-corrected chi connectivity index (χ0v) is 12.5. The molecule has 2 heterocycles. The topological polar surface area (TPSA) is 0 Å². The Labute approximate surface area is 128 Å². The van der Waals surface area contributed by atoms with Gasteiger partial charge in [0.1, 0.15) is 0 Å². The van der Waals surface area contributed by atoms with E-state index in [-0.39, 0.29) is 35.9 Å². The fraction of sp³-hybridized carbons (Fsp3) is 0.750. The van der Waals surface area contributed by atoms with Crippen LogP contribution in [0.3, 0.4) is 0 Å². The normalized spacial score (nSPS) is 20.6. The van der Waals surface area contributed by atoms with E-state index in [2.05, 4.69) is 10.2 Å². The molecule has 0 unspecified atom stereocenters. The Morgan fingerprint density at radius 1 is 0.643 bits per heavy atom. The molecule has 2 aliphatic heterocycles. The summed E-state index contributed by atoms with van der Waals surface area (Å²) in [7, 11) is 0. The van der Waals surface area contributed by atoms with Crippen LogP contribution < -0.4 is 18.9 Å². The molecule has 0 aromatic rings. The summed E-state index contributed by atoms with van der Waals surface area (Å²) in [6, 6.07) is 0. The fourth-order valence-corrected chi connectivity index (χ4v) is 4.66. The average molecular weight is 309 g/mol. The summed E-state index contributed by atoms with van der Waals surface area (Å²) in [5, 5.41) is 4.45. The van der Waals surface area contributed by atoms with Crippen molar-refractivity contribution in [3.05, 3.63) is 10.2 Å². The van der Waals surface area contributed by atoms with Gasteiger partial charge in [-0.25, -0.2) is 10.2 Å². The molecule has 2 aliphatic rings. The Morgan fingerprint density at radius 2 is 0.929 bits per heavy atom. The minimum absolute atomic E-state index is 0. The van der Waals surface area contributed by atoms with Crippen molar-refractivity contribution in [1.82, 2.24) is 0 Å². The third-order valence-corrected chi connectivity index (χ3v) is 5.60. The Balaban J connectivity index is 0. The summed E-state index contributed by atoms with van der Waals surface area (Å²) in [6.07, 6.45) is 2.79. The molecule has 2 rings (SSSR count). The number of hydrogen-bond acceptors (Lipinski definition) is 4. The van der Waals surface area contributed by atoms with E-state index in [0.29, 0.717) is 0 Å². The van der Waals surface area contributed by atoms with Crippen molar-refractivity contribution in [1.29, 1.82) is 0 Å². The number of hydrogen-bond donors (Lipinski definition) is 0. The molecule has 0 aromatic heterocycles. The molecule has 0 N–H and O–H groups in total. The van der Waals surface area contributed by atoms with Gasteiger partial charge in [0.25, 0.3) is 0 Å². The zero-order chi connectivity index (χ0) is 8.49. The van der Waals surface area contributed by atoms with Crippen LogP contribution in [-0.4, -0.2) is 23.0 Å². The molecule has 0 nitrogen and oxygen atoms in total. The van der Waals surface area contributed by atoms with Crippen LogP contribution in [-0.2, 0) is 17.1 Å². The van der Waals surface area contributed by atoms with Gasteiger partial charge in [-0.1, -0.05) is 0 Å². The number of thioether (sulfide) groups is 4. The monoisotopic (exact) mass is 308 g/mol. The predicted molar refractivity (Wildman–Crippen MR) is 67.7 cm³/mol. The molecular weight excluding hydrogens is 295 g/mol. The van der Waals surface area contributed by atoms with Gasteiger partial charge in [0.15, 0.2) is 0 Å². The van der Waals surface area contributed by atoms with Crippen LogP contribution in [0.4, 0.5) is 0 Å². The first-order valence-corrected chi connectivity index (χ1v) is 8.29. The maximum Gasteiger partial charge on any atom is 1.00 e. The maximum absolute atomic E-state index is 2.23. The van der Waals surface area contributed by atoms with E-state index in [1.54, 1.807) is 0 Å². The molecule has 0 amide bonds. The van der Waals surface area contributed by atoms with E-state index in [0.717, 1.165) is 0 Å². The average Bonchev–Trinajstić information content (AvgIpc) is 2.24. The minimum atomic E-state index is 0. The predicted octanol–water partition coefficient (Wildman–Crippen LogP) is 0.953. The maximum atomic E-state index is 2.23. The Hall–Kier alpha value is 2.52. The van der Waals surface area contributed by atoms with Crippen molar-refractivity contribution >= 4 is 47.0 Å². The third-order valence-electron chi connectivity index (χ3n) is 1.32. The summed E-state index contributed by atoms with van der Waals surface area (Å²) >= 11 is 7.73. The van der Waals surface area contributed by atoms with Crippen LogP contribution in [0.25, 0.3) is 0 Å². The Kier molecular flexibility index (Phi) is 20.9. The number of rotatable bonds is 0. The molecule has 0 radical (unpaired) electrons. The second kappa shape index (κ2) is 15.5. The molecule has 0 spiro atoms. The molecular formula is C8H14CuLiS4. The van der Waals surface area contributed by atoms with Crippen molar-refractivity contribution in [2.75, 3.05) is 23.0 Å². The van der Waals surface area contributed by atoms with Crippen molar-refractivity contribution in [2.45, 2.75) is 12.8 Å². The standard InChI is InChI=1S/2C4H7S2.Cu.Li/c2*1-2-5-4-6-3-1;;/h2*4H,1-3H2;;/q2*-1;2*+1. The quantitative estimate of drug-likeness (QED) is 0.482. The largest absolute Gasteiger partial charge is 1.00 e. The van der Waals surface area contributed by atoms with Crippen LogP contribution >= 0.6 is 47.0 Å². The Bertz CT molecular complexity index is 64.3. The first-order chi connectivity index (χ1) is 6.00. The van der Waals surface area contributed by atoms with Gasteiger partial charge in [-0.3, -0.25) is 0 Å². The summed E-state index contributed by atoms with van der Waals surface area (Å²) in [6.45, 7) is 0. The van der Waals surface area contributed by atoms with Crippen molar-refractivity contribution in [3.8, 4) is 0 Å².